The van der Waals surface area contributed by atoms with Crippen molar-refractivity contribution >= 4 is 0 Å². The van der Waals surface area contributed by atoms with Gasteiger partial charge in [-0.2, -0.15) is 5.26 Å². The van der Waals surface area contributed by atoms with E-state index >= 15 is 0 Å². The van der Waals surface area contributed by atoms with Gasteiger partial charge in [-0.1, -0.05) is 78.7 Å². The Hall–Kier alpha value is -4.07. The third-order valence-electron chi connectivity index (χ3n) is 5.15. The average Bonchev–Trinajstić information content (AvgIpc) is 2.81. The second-order valence-corrected chi connectivity index (χ2v) is 7.21. The van der Waals surface area contributed by atoms with Crippen LogP contribution in [0.2, 0.25) is 0 Å². The Balaban J connectivity index is 1.45. The second kappa shape index (κ2) is 8.95. The van der Waals surface area contributed by atoms with E-state index < -0.39 is 0 Å². The Morgan fingerprint density at radius 1 is 0.533 bits per heavy atom. The average molecular weight is 383 g/mol. The summed E-state index contributed by atoms with van der Waals surface area (Å²) in [5.74, 6) is 6.01. The van der Waals surface area contributed by atoms with Gasteiger partial charge in [0, 0.05) is 5.56 Å². The summed E-state index contributed by atoms with van der Waals surface area (Å²) in [7, 11) is 0. The van der Waals surface area contributed by atoms with Gasteiger partial charge in [0.2, 0.25) is 0 Å². The Bertz CT molecular complexity index is 1230. The lowest BCUT2D eigenvalue weighted by atomic mass is 9.98. The summed E-state index contributed by atoms with van der Waals surface area (Å²) in [5.41, 5.74) is 9.00. The molecule has 0 aromatic heterocycles. The van der Waals surface area contributed by atoms with Gasteiger partial charge in [0.05, 0.1) is 11.6 Å². The van der Waals surface area contributed by atoms with Crippen LogP contribution in [-0.4, -0.2) is 0 Å². The van der Waals surface area contributed by atoms with E-state index in [2.05, 4.69) is 90.7 Å². The molecule has 1 heteroatoms. The summed E-state index contributed by atoms with van der Waals surface area (Å²) >= 11 is 0. The Morgan fingerprint density at radius 2 is 0.900 bits per heavy atom. The fourth-order valence-electron chi connectivity index (χ4n) is 3.49. The van der Waals surface area contributed by atoms with Crippen molar-refractivity contribution in [3.8, 4) is 40.2 Å². The molecule has 0 fully saturated rings. The molecule has 142 valence electrons. The molecule has 0 spiro atoms. The highest BCUT2D eigenvalue weighted by atomic mass is 14.2. The monoisotopic (exact) mass is 383 g/mol. The summed E-state index contributed by atoms with van der Waals surface area (Å²) < 4.78 is 0. The Labute approximate surface area is 178 Å². The van der Waals surface area contributed by atoms with Crippen molar-refractivity contribution < 1.29 is 0 Å². The third kappa shape index (κ3) is 4.49. The first kappa shape index (κ1) is 19.3. The van der Waals surface area contributed by atoms with Gasteiger partial charge in [-0.25, -0.2) is 0 Å². The quantitative estimate of drug-likeness (QED) is 0.353. The molecular formula is C29H21N. The summed E-state index contributed by atoms with van der Waals surface area (Å²) in [4.78, 5) is 0. The van der Waals surface area contributed by atoms with E-state index in [0.29, 0.717) is 5.56 Å². The first-order valence-corrected chi connectivity index (χ1v) is 9.97. The van der Waals surface area contributed by atoms with E-state index in [1.54, 1.807) is 0 Å². The molecule has 0 amide bonds. The summed E-state index contributed by atoms with van der Waals surface area (Å²) in [6.45, 7) is 1.85. The van der Waals surface area contributed by atoms with E-state index in [4.69, 9.17) is 5.26 Å². The molecule has 4 rings (SSSR count). The smallest absolute Gasteiger partial charge is 0.0991 e. The highest BCUT2D eigenvalue weighted by Crippen LogP contribution is 2.23. The van der Waals surface area contributed by atoms with Crippen molar-refractivity contribution in [1.29, 1.82) is 5.26 Å². The predicted octanol–water partition coefficient (Wildman–Crippen LogP) is 6.85. The molecule has 0 aliphatic carbocycles. The largest absolute Gasteiger partial charge is 0.192 e. The maximum absolute atomic E-state index is 8.93. The van der Waals surface area contributed by atoms with E-state index in [9.17, 15) is 0 Å². The number of benzene rings is 4. The van der Waals surface area contributed by atoms with E-state index in [1.165, 1.54) is 22.3 Å². The first-order chi connectivity index (χ1) is 14.7. The van der Waals surface area contributed by atoms with Crippen molar-refractivity contribution in [2.45, 2.75) is 13.3 Å². The lowest BCUT2D eigenvalue weighted by Gasteiger charge is -2.07. The highest BCUT2D eigenvalue weighted by Gasteiger charge is 2.02. The Morgan fingerprint density at radius 3 is 1.27 bits per heavy atom. The maximum Gasteiger partial charge on any atom is 0.0991 e. The summed E-state index contributed by atoms with van der Waals surface area (Å²) in [6, 6.07) is 35.6. The van der Waals surface area contributed by atoms with Crippen LogP contribution in [0.25, 0.3) is 22.3 Å². The van der Waals surface area contributed by atoms with Crippen LogP contribution in [0.4, 0.5) is 0 Å². The van der Waals surface area contributed by atoms with Gasteiger partial charge in [-0.05, 0) is 71.0 Å². The lowest BCUT2D eigenvalue weighted by molar-refractivity contribution is 1.19. The molecule has 1 nitrogen and oxygen atoms in total. The molecule has 0 saturated heterocycles. The zero-order valence-electron chi connectivity index (χ0n) is 16.9. The minimum Gasteiger partial charge on any atom is -0.192 e. The van der Waals surface area contributed by atoms with Crippen LogP contribution in [0.3, 0.4) is 0 Å². The van der Waals surface area contributed by atoms with Crippen molar-refractivity contribution in [1.82, 2.24) is 0 Å². The SMILES string of the molecule is CC#Cc1ccc(-c2ccc(Cc3ccc(-c4ccc(C#N)cc4)cc3)cc2)cc1. The second-order valence-electron chi connectivity index (χ2n) is 7.21. The van der Waals surface area contributed by atoms with Crippen molar-refractivity contribution in [3.63, 3.8) is 0 Å². The standard InChI is InChI=1S/C29H21N/c1-2-3-22-4-12-26(13-5-22)27-14-6-23(7-15-27)20-24-8-16-28(17-9-24)29-18-10-25(21-30)11-19-29/h4-19H,20H2,1H3. The summed E-state index contributed by atoms with van der Waals surface area (Å²) in [5, 5.41) is 8.93. The van der Waals surface area contributed by atoms with Crippen molar-refractivity contribution in [2.75, 3.05) is 0 Å². The third-order valence-corrected chi connectivity index (χ3v) is 5.15. The van der Waals surface area contributed by atoms with Crippen LogP contribution < -0.4 is 0 Å². The fourth-order valence-corrected chi connectivity index (χ4v) is 3.49. The molecule has 0 unspecified atom stereocenters. The molecule has 30 heavy (non-hydrogen) atoms. The van der Waals surface area contributed by atoms with Gasteiger partial charge >= 0.3 is 0 Å². The number of nitriles is 1. The molecule has 0 heterocycles. The summed E-state index contributed by atoms with van der Waals surface area (Å²) in [6.07, 6.45) is 0.902. The number of hydrogen-bond donors (Lipinski definition) is 0. The number of nitrogens with zero attached hydrogens (tertiary/aromatic N) is 1. The first-order valence-electron chi connectivity index (χ1n) is 9.97. The van der Waals surface area contributed by atoms with Gasteiger partial charge in [-0.3, -0.25) is 0 Å². The van der Waals surface area contributed by atoms with Gasteiger partial charge in [0.1, 0.15) is 0 Å². The minimum atomic E-state index is 0.685. The number of hydrogen-bond acceptors (Lipinski definition) is 1. The van der Waals surface area contributed by atoms with Crippen molar-refractivity contribution in [2.24, 2.45) is 0 Å². The van der Waals surface area contributed by atoms with E-state index in [0.717, 1.165) is 23.1 Å². The van der Waals surface area contributed by atoms with Gasteiger partial charge in [0.15, 0.2) is 0 Å². The zero-order chi connectivity index (χ0) is 20.8. The molecule has 0 radical (unpaired) electrons. The molecule has 0 atom stereocenters. The van der Waals surface area contributed by atoms with E-state index in [1.807, 2.05) is 31.2 Å². The molecule has 4 aromatic carbocycles. The predicted molar refractivity (Wildman–Crippen MR) is 124 cm³/mol. The van der Waals surface area contributed by atoms with Crippen LogP contribution in [0, 0.1) is 23.2 Å². The van der Waals surface area contributed by atoms with Gasteiger partial charge in [-0.15, -0.1) is 5.92 Å². The fraction of sp³-hybridized carbons (Fsp3) is 0.0690. The van der Waals surface area contributed by atoms with E-state index in [-0.39, 0.29) is 0 Å². The zero-order valence-corrected chi connectivity index (χ0v) is 16.9. The molecule has 0 aliphatic rings. The van der Waals surface area contributed by atoms with Crippen LogP contribution in [-0.2, 0) is 6.42 Å². The van der Waals surface area contributed by atoms with Crippen LogP contribution in [0.15, 0.2) is 97.1 Å². The molecule has 0 aliphatic heterocycles. The van der Waals surface area contributed by atoms with Gasteiger partial charge < -0.3 is 0 Å². The molecule has 0 bridgehead atoms. The van der Waals surface area contributed by atoms with Crippen LogP contribution >= 0.6 is 0 Å². The van der Waals surface area contributed by atoms with Crippen LogP contribution in [0.5, 0.6) is 0 Å². The molecule has 0 N–H and O–H groups in total. The molecule has 4 aromatic rings. The molecule has 0 saturated carbocycles. The number of rotatable bonds is 4. The topological polar surface area (TPSA) is 23.8 Å². The molecular weight excluding hydrogens is 362 g/mol. The van der Waals surface area contributed by atoms with Crippen LogP contribution in [0.1, 0.15) is 29.2 Å². The van der Waals surface area contributed by atoms with Crippen molar-refractivity contribution in [3.05, 3.63) is 119 Å². The maximum atomic E-state index is 8.93. The highest BCUT2D eigenvalue weighted by molar-refractivity contribution is 5.66. The normalized spacial score (nSPS) is 10.0. The van der Waals surface area contributed by atoms with Gasteiger partial charge in [0.25, 0.3) is 0 Å². The minimum absolute atomic E-state index is 0.685. The lowest BCUT2D eigenvalue weighted by Crippen LogP contribution is -1.89. The Kier molecular flexibility index (Phi) is 5.75.